The number of pyridine rings is 1. The van der Waals surface area contributed by atoms with E-state index in [0.29, 0.717) is 16.6 Å². The quantitative estimate of drug-likeness (QED) is 0.565. The predicted octanol–water partition coefficient (Wildman–Crippen LogP) is 2.47. The molecule has 0 aliphatic heterocycles. The molecule has 0 fully saturated rings. The van der Waals surface area contributed by atoms with Crippen molar-refractivity contribution in [1.82, 2.24) is 14.5 Å². The normalized spacial score (nSPS) is 11.1. The SMILES string of the molecule is NC(=O)n1c(-c2cc3ccccc3[nH]c2=O)nc2ccccc21. The number of amides is 1. The number of para-hydroxylation sites is 3. The van der Waals surface area contributed by atoms with Crippen LogP contribution >= 0.6 is 0 Å². The van der Waals surface area contributed by atoms with E-state index in [4.69, 9.17) is 5.73 Å². The standard InChI is InChI=1S/C17H12N4O2/c18-17(23)21-14-8-4-3-7-13(14)19-15(21)11-9-10-5-1-2-6-12(10)20-16(11)22/h1-9H,(H2,18,23)(H,20,22). The van der Waals surface area contributed by atoms with E-state index in [9.17, 15) is 9.59 Å². The molecule has 6 heteroatoms. The maximum atomic E-state index is 12.4. The van der Waals surface area contributed by atoms with E-state index in [0.717, 1.165) is 10.9 Å². The Morgan fingerprint density at radius 3 is 2.65 bits per heavy atom. The van der Waals surface area contributed by atoms with Crippen LogP contribution in [0.3, 0.4) is 0 Å². The van der Waals surface area contributed by atoms with Crippen molar-refractivity contribution in [2.75, 3.05) is 0 Å². The summed E-state index contributed by atoms with van der Waals surface area (Å²) in [5, 5.41) is 0.852. The number of rotatable bonds is 1. The van der Waals surface area contributed by atoms with E-state index in [1.54, 1.807) is 24.3 Å². The molecule has 6 nitrogen and oxygen atoms in total. The molecule has 0 saturated heterocycles. The predicted molar refractivity (Wildman–Crippen MR) is 88.3 cm³/mol. The Hall–Kier alpha value is -3.41. The minimum atomic E-state index is -0.679. The van der Waals surface area contributed by atoms with Crippen molar-refractivity contribution < 1.29 is 4.79 Å². The van der Waals surface area contributed by atoms with E-state index in [1.807, 2.05) is 30.3 Å². The van der Waals surface area contributed by atoms with Gasteiger partial charge >= 0.3 is 6.03 Å². The Bertz CT molecular complexity index is 1120. The molecule has 112 valence electrons. The Labute approximate surface area is 130 Å². The topological polar surface area (TPSA) is 93.8 Å². The van der Waals surface area contributed by atoms with Gasteiger partial charge in [-0.3, -0.25) is 4.79 Å². The summed E-state index contributed by atoms with van der Waals surface area (Å²) in [5.74, 6) is 0.241. The van der Waals surface area contributed by atoms with Gasteiger partial charge in [-0.2, -0.15) is 0 Å². The first kappa shape index (κ1) is 13.3. The zero-order chi connectivity index (χ0) is 16.0. The molecule has 0 atom stereocenters. The van der Waals surface area contributed by atoms with Crippen LogP contribution < -0.4 is 11.3 Å². The molecular weight excluding hydrogens is 292 g/mol. The Balaban J connectivity index is 2.10. The summed E-state index contributed by atoms with van der Waals surface area (Å²) >= 11 is 0. The van der Waals surface area contributed by atoms with Gasteiger partial charge in [0.25, 0.3) is 5.56 Å². The highest BCUT2D eigenvalue weighted by Crippen LogP contribution is 2.24. The minimum absolute atomic E-state index is 0.241. The Kier molecular flexibility index (Phi) is 2.77. The number of H-pyrrole nitrogens is 1. The number of nitrogens with two attached hydrogens (primary N) is 1. The van der Waals surface area contributed by atoms with Crippen LogP contribution in [0.2, 0.25) is 0 Å². The maximum Gasteiger partial charge on any atom is 0.325 e. The number of primary amides is 1. The van der Waals surface area contributed by atoms with Gasteiger partial charge in [-0.15, -0.1) is 0 Å². The van der Waals surface area contributed by atoms with E-state index >= 15 is 0 Å². The van der Waals surface area contributed by atoms with Gasteiger partial charge in [0.15, 0.2) is 5.82 Å². The zero-order valence-electron chi connectivity index (χ0n) is 12.0. The first-order valence-corrected chi connectivity index (χ1v) is 7.05. The van der Waals surface area contributed by atoms with Crippen molar-refractivity contribution in [2.45, 2.75) is 0 Å². The molecular formula is C17H12N4O2. The van der Waals surface area contributed by atoms with Crippen molar-refractivity contribution in [3.05, 3.63) is 65.0 Å². The fourth-order valence-corrected chi connectivity index (χ4v) is 2.74. The second kappa shape index (κ2) is 4.81. The molecule has 0 radical (unpaired) electrons. The van der Waals surface area contributed by atoms with Crippen LogP contribution in [-0.2, 0) is 0 Å². The lowest BCUT2D eigenvalue weighted by atomic mass is 10.1. The monoisotopic (exact) mass is 304 g/mol. The number of aromatic amines is 1. The highest BCUT2D eigenvalue weighted by Gasteiger charge is 2.18. The molecule has 1 amide bonds. The molecule has 0 saturated carbocycles. The summed E-state index contributed by atoms with van der Waals surface area (Å²) < 4.78 is 1.26. The van der Waals surface area contributed by atoms with Crippen LogP contribution in [0.25, 0.3) is 33.3 Å². The molecule has 0 aliphatic carbocycles. The molecule has 0 aliphatic rings. The van der Waals surface area contributed by atoms with E-state index in [2.05, 4.69) is 9.97 Å². The third kappa shape index (κ3) is 2.00. The van der Waals surface area contributed by atoms with Gasteiger partial charge in [0.05, 0.1) is 16.6 Å². The van der Waals surface area contributed by atoms with Gasteiger partial charge in [0.1, 0.15) is 0 Å². The molecule has 2 aromatic heterocycles. The summed E-state index contributed by atoms with van der Waals surface area (Å²) in [7, 11) is 0. The van der Waals surface area contributed by atoms with Crippen molar-refractivity contribution in [3.8, 4) is 11.4 Å². The number of aromatic nitrogens is 3. The van der Waals surface area contributed by atoms with Gasteiger partial charge in [0, 0.05) is 5.52 Å². The molecule has 2 aromatic carbocycles. The zero-order valence-corrected chi connectivity index (χ0v) is 12.0. The second-order valence-corrected chi connectivity index (χ2v) is 5.20. The third-order valence-electron chi connectivity index (χ3n) is 3.78. The average molecular weight is 304 g/mol. The summed E-state index contributed by atoms with van der Waals surface area (Å²) in [6.45, 7) is 0. The largest absolute Gasteiger partial charge is 0.351 e. The molecule has 3 N–H and O–H groups in total. The van der Waals surface area contributed by atoms with Gasteiger partial charge in [0.2, 0.25) is 0 Å². The highest BCUT2D eigenvalue weighted by atomic mass is 16.2. The van der Waals surface area contributed by atoms with Gasteiger partial charge in [-0.25, -0.2) is 14.3 Å². The second-order valence-electron chi connectivity index (χ2n) is 5.20. The average Bonchev–Trinajstić information content (AvgIpc) is 2.93. The van der Waals surface area contributed by atoms with Crippen LogP contribution in [0.5, 0.6) is 0 Å². The lowest BCUT2D eigenvalue weighted by molar-refractivity contribution is 0.251. The van der Waals surface area contributed by atoms with Crippen LogP contribution in [-0.4, -0.2) is 20.6 Å². The smallest absolute Gasteiger partial charge is 0.325 e. The number of fused-ring (bicyclic) bond motifs is 2. The first-order chi connectivity index (χ1) is 11.1. The van der Waals surface area contributed by atoms with E-state index in [-0.39, 0.29) is 11.4 Å². The molecule has 0 spiro atoms. The fraction of sp³-hybridized carbons (Fsp3) is 0. The number of hydrogen-bond donors (Lipinski definition) is 2. The van der Waals surface area contributed by atoms with Crippen LogP contribution in [0.1, 0.15) is 0 Å². The number of benzene rings is 2. The lowest BCUT2D eigenvalue weighted by Gasteiger charge is -2.05. The molecule has 0 bridgehead atoms. The number of hydrogen-bond acceptors (Lipinski definition) is 3. The minimum Gasteiger partial charge on any atom is -0.351 e. The van der Waals surface area contributed by atoms with Crippen LogP contribution in [0, 0.1) is 0 Å². The molecule has 2 heterocycles. The van der Waals surface area contributed by atoms with E-state index in [1.165, 1.54) is 4.57 Å². The Morgan fingerprint density at radius 2 is 1.83 bits per heavy atom. The van der Waals surface area contributed by atoms with Gasteiger partial charge in [-0.05, 0) is 29.7 Å². The number of carbonyl (C=O) groups is 1. The number of nitrogens with zero attached hydrogens (tertiary/aromatic N) is 2. The molecule has 4 rings (SSSR count). The molecule has 4 aromatic rings. The summed E-state index contributed by atoms with van der Waals surface area (Å²) in [5.41, 5.74) is 7.39. The van der Waals surface area contributed by atoms with Crippen molar-refractivity contribution in [2.24, 2.45) is 5.73 Å². The number of imidazole rings is 1. The maximum absolute atomic E-state index is 12.4. The summed E-state index contributed by atoms with van der Waals surface area (Å²) in [6.07, 6.45) is 0. The first-order valence-electron chi connectivity index (χ1n) is 7.05. The van der Waals surface area contributed by atoms with Crippen molar-refractivity contribution in [1.29, 1.82) is 0 Å². The Morgan fingerprint density at radius 1 is 1.09 bits per heavy atom. The summed E-state index contributed by atoms with van der Waals surface area (Å²) in [6, 6.07) is 15.6. The third-order valence-corrected chi connectivity index (χ3v) is 3.78. The van der Waals surface area contributed by atoms with Crippen molar-refractivity contribution >= 4 is 28.0 Å². The van der Waals surface area contributed by atoms with Crippen molar-refractivity contribution in [3.63, 3.8) is 0 Å². The molecule has 23 heavy (non-hydrogen) atoms. The highest BCUT2D eigenvalue weighted by molar-refractivity contribution is 5.94. The van der Waals surface area contributed by atoms with E-state index < -0.39 is 6.03 Å². The molecule has 0 unspecified atom stereocenters. The number of nitrogens with one attached hydrogen (secondary N) is 1. The van der Waals surface area contributed by atoms with Crippen LogP contribution in [0.15, 0.2) is 59.4 Å². The van der Waals surface area contributed by atoms with Crippen LogP contribution in [0.4, 0.5) is 4.79 Å². The fourth-order valence-electron chi connectivity index (χ4n) is 2.74. The van der Waals surface area contributed by atoms with Gasteiger partial charge in [-0.1, -0.05) is 30.3 Å². The summed E-state index contributed by atoms with van der Waals surface area (Å²) in [4.78, 5) is 31.5. The number of carbonyl (C=O) groups excluding carboxylic acids is 1. The van der Waals surface area contributed by atoms with Gasteiger partial charge < -0.3 is 10.7 Å². The lowest BCUT2D eigenvalue weighted by Crippen LogP contribution is -2.22.